The Bertz CT molecular complexity index is 448. The van der Waals surface area contributed by atoms with Crippen molar-refractivity contribution in [3.63, 3.8) is 0 Å². The van der Waals surface area contributed by atoms with Crippen LogP contribution in [-0.4, -0.2) is 30.9 Å². The molecule has 1 N–H and O–H groups in total. The summed E-state index contributed by atoms with van der Waals surface area (Å²) in [6.07, 6.45) is 0.819. The van der Waals surface area contributed by atoms with Crippen LogP contribution < -0.4 is 5.32 Å². The third-order valence-corrected chi connectivity index (χ3v) is 4.15. The van der Waals surface area contributed by atoms with Crippen LogP contribution in [0.1, 0.15) is 12.5 Å². The van der Waals surface area contributed by atoms with Gasteiger partial charge >= 0.3 is 0 Å². The average Bonchev–Trinajstić information content (AvgIpc) is 2.81. The van der Waals surface area contributed by atoms with E-state index >= 15 is 0 Å². The zero-order chi connectivity index (χ0) is 13.7. The standard InChI is InChI=1S/C15H19NO2S/c1-11(2)10-18-8-7-16-15(17)14-9-12-5-3-4-6-13(12)19-14/h3-6,14H,1,7-10H2,2H3,(H,16,17). The van der Waals surface area contributed by atoms with E-state index in [2.05, 4.69) is 24.0 Å². The van der Waals surface area contributed by atoms with Crippen LogP contribution in [0.5, 0.6) is 0 Å². The van der Waals surface area contributed by atoms with Crippen molar-refractivity contribution in [2.45, 2.75) is 23.5 Å². The van der Waals surface area contributed by atoms with Gasteiger partial charge in [-0.1, -0.05) is 30.4 Å². The zero-order valence-electron chi connectivity index (χ0n) is 11.1. The van der Waals surface area contributed by atoms with Gasteiger partial charge in [-0.15, -0.1) is 11.8 Å². The first-order valence-electron chi connectivity index (χ1n) is 6.41. The number of hydrogen-bond donors (Lipinski definition) is 1. The second-order valence-corrected chi connectivity index (χ2v) is 5.96. The van der Waals surface area contributed by atoms with Gasteiger partial charge in [0.1, 0.15) is 0 Å². The molecule has 4 heteroatoms. The van der Waals surface area contributed by atoms with E-state index in [1.807, 2.05) is 19.1 Å². The predicted molar refractivity (Wildman–Crippen MR) is 78.4 cm³/mol. The highest BCUT2D eigenvalue weighted by molar-refractivity contribution is 8.01. The Morgan fingerprint density at radius 3 is 3.05 bits per heavy atom. The number of amides is 1. The van der Waals surface area contributed by atoms with Crippen LogP contribution in [0.15, 0.2) is 41.3 Å². The maximum Gasteiger partial charge on any atom is 0.233 e. The van der Waals surface area contributed by atoms with Gasteiger partial charge in [0.2, 0.25) is 5.91 Å². The normalized spacial score (nSPS) is 17.0. The molecule has 1 unspecified atom stereocenters. The second-order valence-electron chi connectivity index (χ2n) is 4.72. The lowest BCUT2D eigenvalue weighted by Crippen LogP contribution is -2.34. The minimum atomic E-state index is -0.00135. The maximum atomic E-state index is 12.0. The SMILES string of the molecule is C=C(C)COCCNC(=O)C1Cc2ccccc2S1. The largest absolute Gasteiger partial charge is 0.375 e. The quantitative estimate of drug-likeness (QED) is 0.641. The first kappa shape index (κ1) is 14.2. The van der Waals surface area contributed by atoms with Crippen LogP contribution in [-0.2, 0) is 16.0 Å². The molecule has 1 aromatic rings. The number of ether oxygens (including phenoxy) is 1. The van der Waals surface area contributed by atoms with Crippen molar-refractivity contribution >= 4 is 17.7 Å². The Hall–Kier alpha value is -1.26. The Balaban J connectivity index is 1.70. The molecule has 1 heterocycles. The molecule has 0 spiro atoms. The van der Waals surface area contributed by atoms with Crippen molar-refractivity contribution in [1.29, 1.82) is 0 Å². The summed E-state index contributed by atoms with van der Waals surface area (Å²) < 4.78 is 5.35. The zero-order valence-corrected chi connectivity index (χ0v) is 12.0. The van der Waals surface area contributed by atoms with Gasteiger partial charge in [-0.2, -0.15) is 0 Å². The molecule has 0 radical (unpaired) electrons. The summed E-state index contributed by atoms with van der Waals surface area (Å²) in [6.45, 7) is 7.32. The smallest absolute Gasteiger partial charge is 0.233 e. The molecule has 1 atom stereocenters. The summed E-state index contributed by atoms with van der Waals surface area (Å²) in [7, 11) is 0. The molecule has 19 heavy (non-hydrogen) atoms. The second kappa shape index (κ2) is 6.78. The average molecular weight is 277 g/mol. The molecule has 102 valence electrons. The van der Waals surface area contributed by atoms with Crippen molar-refractivity contribution in [2.75, 3.05) is 19.8 Å². The van der Waals surface area contributed by atoms with Gasteiger partial charge in [0.15, 0.2) is 0 Å². The van der Waals surface area contributed by atoms with Crippen LogP contribution >= 0.6 is 11.8 Å². The van der Waals surface area contributed by atoms with Crippen molar-refractivity contribution in [3.8, 4) is 0 Å². The summed E-state index contributed by atoms with van der Waals surface area (Å²) in [4.78, 5) is 13.2. The van der Waals surface area contributed by atoms with Crippen LogP contribution in [0.4, 0.5) is 0 Å². The lowest BCUT2D eigenvalue weighted by atomic mass is 10.1. The minimum Gasteiger partial charge on any atom is -0.375 e. The monoisotopic (exact) mass is 277 g/mol. The lowest BCUT2D eigenvalue weighted by Gasteiger charge is -2.10. The molecular formula is C15H19NO2S. The molecule has 0 aromatic heterocycles. The fraction of sp³-hybridized carbons (Fsp3) is 0.400. The number of thioether (sulfide) groups is 1. The highest BCUT2D eigenvalue weighted by Crippen LogP contribution is 2.36. The van der Waals surface area contributed by atoms with E-state index in [0.29, 0.717) is 19.8 Å². The first-order chi connectivity index (χ1) is 9.16. The summed E-state index contributed by atoms with van der Waals surface area (Å²) in [5, 5.41) is 2.92. The van der Waals surface area contributed by atoms with Gasteiger partial charge in [0, 0.05) is 11.4 Å². The molecule has 0 bridgehead atoms. The van der Waals surface area contributed by atoms with Crippen molar-refractivity contribution in [1.82, 2.24) is 5.32 Å². The lowest BCUT2D eigenvalue weighted by molar-refractivity contribution is -0.120. The van der Waals surface area contributed by atoms with E-state index in [1.54, 1.807) is 11.8 Å². The number of rotatable bonds is 6. The van der Waals surface area contributed by atoms with Gasteiger partial charge in [-0.05, 0) is 25.0 Å². The third kappa shape index (κ3) is 4.11. The molecule has 1 amide bonds. The fourth-order valence-corrected chi connectivity index (χ4v) is 3.15. The number of nitrogens with one attached hydrogen (secondary N) is 1. The number of hydrogen-bond acceptors (Lipinski definition) is 3. The maximum absolute atomic E-state index is 12.0. The van der Waals surface area contributed by atoms with Crippen molar-refractivity contribution in [2.24, 2.45) is 0 Å². The Morgan fingerprint density at radius 1 is 1.53 bits per heavy atom. The Kier molecular flexibility index (Phi) is 5.05. The molecule has 2 rings (SSSR count). The van der Waals surface area contributed by atoms with Crippen LogP contribution in [0.25, 0.3) is 0 Å². The molecule has 3 nitrogen and oxygen atoms in total. The first-order valence-corrected chi connectivity index (χ1v) is 7.29. The van der Waals surface area contributed by atoms with Crippen LogP contribution in [0, 0.1) is 0 Å². The molecule has 0 aliphatic carbocycles. The minimum absolute atomic E-state index is 0.00135. The number of carbonyl (C=O) groups excluding carboxylic acids is 1. The van der Waals surface area contributed by atoms with Gasteiger partial charge < -0.3 is 10.1 Å². The highest BCUT2D eigenvalue weighted by atomic mass is 32.2. The summed E-state index contributed by atoms with van der Waals surface area (Å²) in [6, 6.07) is 8.19. The third-order valence-electron chi connectivity index (χ3n) is 2.83. The van der Waals surface area contributed by atoms with Gasteiger partial charge in [0.05, 0.1) is 18.5 Å². The van der Waals surface area contributed by atoms with Crippen molar-refractivity contribution < 1.29 is 9.53 Å². The van der Waals surface area contributed by atoms with E-state index < -0.39 is 0 Å². The van der Waals surface area contributed by atoms with Gasteiger partial charge in [-0.25, -0.2) is 0 Å². The highest BCUT2D eigenvalue weighted by Gasteiger charge is 2.27. The summed E-state index contributed by atoms with van der Waals surface area (Å²) >= 11 is 1.65. The predicted octanol–water partition coefficient (Wildman–Crippen LogP) is 2.41. The van der Waals surface area contributed by atoms with E-state index in [4.69, 9.17) is 4.74 Å². The molecule has 1 aliphatic rings. The topological polar surface area (TPSA) is 38.3 Å². The fourth-order valence-electron chi connectivity index (χ4n) is 1.93. The summed E-state index contributed by atoms with van der Waals surface area (Å²) in [5.41, 5.74) is 2.26. The number of carbonyl (C=O) groups is 1. The summed E-state index contributed by atoms with van der Waals surface area (Å²) in [5.74, 6) is 0.0973. The molecular weight excluding hydrogens is 258 g/mol. The van der Waals surface area contributed by atoms with Crippen LogP contribution in [0.3, 0.4) is 0 Å². The molecule has 0 saturated heterocycles. The van der Waals surface area contributed by atoms with Gasteiger partial charge in [0.25, 0.3) is 0 Å². The van der Waals surface area contributed by atoms with E-state index in [0.717, 1.165) is 12.0 Å². The van der Waals surface area contributed by atoms with Crippen LogP contribution in [0.2, 0.25) is 0 Å². The van der Waals surface area contributed by atoms with E-state index in [1.165, 1.54) is 10.5 Å². The molecule has 0 saturated carbocycles. The number of benzene rings is 1. The van der Waals surface area contributed by atoms with Crippen molar-refractivity contribution in [3.05, 3.63) is 42.0 Å². The molecule has 1 aliphatic heterocycles. The van der Waals surface area contributed by atoms with E-state index in [-0.39, 0.29) is 11.2 Å². The number of fused-ring (bicyclic) bond motifs is 1. The molecule has 0 fully saturated rings. The Labute approximate surface area is 118 Å². The van der Waals surface area contributed by atoms with Gasteiger partial charge in [-0.3, -0.25) is 4.79 Å². The Morgan fingerprint density at radius 2 is 2.32 bits per heavy atom. The molecule has 1 aromatic carbocycles. The van der Waals surface area contributed by atoms with E-state index in [9.17, 15) is 4.79 Å².